The van der Waals surface area contributed by atoms with Crippen molar-refractivity contribution in [1.82, 2.24) is 4.90 Å². The van der Waals surface area contributed by atoms with Crippen molar-refractivity contribution in [3.63, 3.8) is 0 Å². The summed E-state index contributed by atoms with van der Waals surface area (Å²) in [7, 11) is 0. The van der Waals surface area contributed by atoms with Crippen LogP contribution < -0.4 is 5.73 Å². The molecule has 112 valence electrons. The Bertz CT molecular complexity index is 689. The van der Waals surface area contributed by atoms with Crippen molar-refractivity contribution >= 4 is 33.0 Å². The first kappa shape index (κ1) is 14.4. The highest BCUT2D eigenvalue weighted by atomic mass is 32.1. The molecular formula is C17H22N2OS. The summed E-state index contributed by atoms with van der Waals surface area (Å²) in [6, 6.07) is 6.43. The van der Waals surface area contributed by atoms with Gasteiger partial charge in [0.05, 0.1) is 5.69 Å². The second-order valence-electron chi connectivity index (χ2n) is 6.25. The molecule has 0 radical (unpaired) electrons. The third-order valence-corrected chi connectivity index (χ3v) is 5.82. The van der Waals surface area contributed by atoms with E-state index in [0.29, 0.717) is 22.5 Å². The van der Waals surface area contributed by atoms with Crippen LogP contribution in [0, 0.1) is 12.8 Å². The molecule has 2 heterocycles. The van der Waals surface area contributed by atoms with Crippen LogP contribution >= 0.6 is 11.3 Å². The molecular weight excluding hydrogens is 280 g/mol. The molecule has 1 fully saturated rings. The van der Waals surface area contributed by atoms with Crippen molar-refractivity contribution in [2.24, 2.45) is 5.92 Å². The summed E-state index contributed by atoms with van der Waals surface area (Å²) in [6.07, 6.45) is 2.20. The minimum Gasteiger partial charge on any atom is -0.397 e. The molecule has 0 aliphatic carbocycles. The zero-order chi connectivity index (χ0) is 15.1. The molecule has 1 unspecified atom stereocenters. The van der Waals surface area contributed by atoms with E-state index in [9.17, 15) is 4.79 Å². The van der Waals surface area contributed by atoms with E-state index in [4.69, 9.17) is 5.73 Å². The number of nitrogens with two attached hydrogens (primary N) is 1. The molecule has 1 amide bonds. The molecule has 0 saturated carbocycles. The second-order valence-corrected chi connectivity index (χ2v) is 7.27. The van der Waals surface area contributed by atoms with Gasteiger partial charge in [-0.05, 0) is 31.2 Å². The highest BCUT2D eigenvalue weighted by Gasteiger charge is 2.33. The Morgan fingerprint density at radius 1 is 1.43 bits per heavy atom. The maximum atomic E-state index is 12.9. The summed E-state index contributed by atoms with van der Waals surface area (Å²) in [4.78, 5) is 15.7. The van der Waals surface area contributed by atoms with E-state index in [0.717, 1.165) is 29.5 Å². The maximum Gasteiger partial charge on any atom is 0.266 e. The third kappa shape index (κ3) is 2.31. The number of hydrogen-bond donors (Lipinski definition) is 1. The molecule has 1 aromatic carbocycles. The van der Waals surface area contributed by atoms with Gasteiger partial charge in [0, 0.05) is 22.7 Å². The van der Waals surface area contributed by atoms with E-state index >= 15 is 0 Å². The van der Waals surface area contributed by atoms with Gasteiger partial charge < -0.3 is 10.6 Å². The molecule has 1 atom stereocenters. The van der Waals surface area contributed by atoms with Gasteiger partial charge in [-0.2, -0.15) is 0 Å². The van der Waals surface area contributed by atoms with Crippen LogP contribution in [0.5, 0.6) is 0 Å². The number of amides is 1. The van der Waals surface area contributed by atoms with Gasteiger partial charge in [-0.3, -0.25) is 4.79 Å². The minimum atomic E-state index is 0.115. The van der Waals surface area contributed by atoms with E-state index in [-0.39, 0.29) is 5.91 Å². The molecule has 4 heteroatoms. The van der Waals surface area contributed by atoms with Crippen molar-refractivity contribution in [3.8, 4) is 0 Å². The number of carbonyl (C=O) groups is 1. The Balaban J connectivity index is 2.02. The van der Waals surface area contributed by atoms with Gasteiger partial charge in [-0.15, -0.1) is 11.3 Å². The van der Waals surface area contributed by atoms with Crippen molar-refractivity contribution in [2.45, 2.75) is 39.7 Å². The Morgan fingerprint density at radius 3 is 2.86 bits per heavy atom. The Morgan fingerprint density at radius 2 is 2.19 bits per heavy atom. The van der Waals surface area contributed by atoms with Gasteiger partial charge in [0.1, 0.15) is 4.88 Å². The summed E-state index contributed by atoms with van der Waals surface area (Å²) >= 11 is 1.54. The monoisotopic (exact) mass is 302 g/mol. The Kier molecular flexibility index (Phi) is 3.66. The number of aryl methyl sites for hydroxylation is 1. The van der Waals surface area contributed by atoms with Crippen LogP contribution in [0.1, 0.15) is 41.9 Å². The lowest BCUT2D eigenvalue weighted by molar-refractivity contribution is 0.0707. The fourth-order valence-corrected chi connectivity index (χ4v) is 4.45. The number of benzene rings is 1. The topological polar surface area (TPSA) is 46.3 Å². The lowest BCUT2D eigenvalue weighted by Gasteiger charge is -2.27. The number of nitrogen functional groups attached to an aromatic ring is 1. The normalized spacial score (nSPS) is 18.9. The van der Waals surface area contributed by atoms with E-state index in [1.807, 2.05) is 17.0 Å². The number of rotatable bonds is 2. The lowest BCUT2D eigenvalue weighted by Crippen LogP contribution is -2.38. The van der Waals surface area contributed by atoms with Crippen LogP contribution in [-0.4, -0.2) is 23.4 Å². The first-order chi connectivity index (χ1) is 10.0. The average molecular weight is 302 g/mol. The van der Waals surface area contributed by atoms with E-state index in [2.05, 4.69) is 26.8 Å². The van der Waals surface area contributed by atoms with E-state index in [1.165, 1.54) is 5.56 Å². The van der Waals surface area contributed by atoms with Gasteiger partial charge in [0.15, 0.2) is 0 Å². The Labute approximate surface area is 129 Å². The van der Waals surface area contributed by atoms with Crippen LogP contribution in [0.2, 0.25) is 0 Å². The molecule has 1 aromatic heterocycles. The predicted molar refractivity (Wildman–Crippen MR) is 89.9 cm³/mol. The summed E-state index contributed by atoms with van der Waals surface area (Å²) in [5.41, 5.74) is 8.10. The summed E-state index contributed by atoms with van der Waals surface area (Å²) < 4.78 is 1.14. The van der Waals surface area contributed by atoms with E-state index in [1.54, 1.807) is 11.3 Å². The molecule has 0 bridgehead atoms. The SMILES string of the molecule is Cc1cccc2c(N)c(C(=O)N3CCCC3C(C)C)sc12. The zero-order valence-corrected chi connectivity index (χ0v) is 13.7. The molecule has 1 aliphatic heterocycles. The average Bonchev–Trinajstić information content (AvgIpc) is 3.05. The first-order valence-corrected chi connectivity index (χ1v) is 8.41. The molecule has 2 N–H and O–H groups in total. The fourth-order valence-electron chi connectivity index (χ4n) is 3.31. The number of carbonyl (C=O) groups excluding carboxylic acids is 1. The molecule has 0 spiro atoms. The van der Waals surface area contributed by atoms with Crippen LogP contribution in [0.15, 0.2) is 18.2 Å². The molecule has 3 nitrogen and oxygen atoms in total. The van der Waals surface area contributed by atoms with Crippen LogP contribution in [-0.2, 0) is 0 Å². The summed E-state index contributed by atoms with van der Waals surface area (Å²) in [5.74, 6) is 0.609. The summed E-state index contributed by atoms with van der Waals surface area (Å²) in [6.45, 7) is 7.30. The molecule has 1 saturated heterocycles. The fraction of sp³-hybridized carbons (Fsp3) is 0.471. The highest BCUT2D eigenvalue weighted by Crippen LogP contribution is 2.37. The molecule has 3 rings (SSSR count). The van der Waals surface area contributed by atoms with Gasteiger partial charge in [-0.1, -0.05) is 32.0 Å². The number of nitrogens with zero attached hydrogens (tertiary/aromatic N) is 1. The largest absolute Gasteiger partial charge is 0.397 e. The van der Waals surface area contributed by atoms with Crippen molar-refractivity contribution < 1.29 is 4.79 Å². The van der Waals surface area contributed by atoms with Crippen LogP contribution in [0.4, 0.5) is 5.69 Å². The van der Waals surface area contributed by atoms with Gasteiger partial charge in [0.2, 0.25) is 0 Å². The highest BCUT2D eigenvalue weighted by molar-refractivity contribution is 7.21. The van der Waals surface area contributed by atoms with Crippen LogP contribution in [0.25, 0.3) is 10.1 Å². The van der Waals surface area contributed by atoms with E-state index < -0.39 is 0 Å². The molecule has 21 heavy (non-hydrogen) atoms. The second kappa shape index (κ2) is 5.34. The standard InChI is InChI=1S/C17H22N2OS/c1-10(2)13-8-5-9-19(13)17(20)16-14(18)12-7-4-6-11(3)15(12)21-16/h4,6-7,10,13H,5,8-9,18H2,1-3H3. The molecule has 1 aliphatic rings. The van der Waals surface area contributed by atoms with Gasteiger partial charge in [0.25, 0.3) is 5.91 Å². The third-order valence-electron chi connectivity index (χ3n) is 4.47. The van der Waals surface area contributed by atoms with Crippen molar-refractivity contribution in [1.29, 1.82) is 0 Å². The van der Waals surface area contributed by atoms with Crippen LogP contribution in [0.3, 0.4) is 0 Å². The maximum absolute atomic E-state index is 12.9. The number of hydrogen-bond acceptors (Lipinski definition) is 3. The number of thiophene rings is 1. The smallest absolute Gasteiger partial charge is 0.266 e. The molecule has 2 aromatic rings. The Hall–Kier alpha value is -1.55. The number of likely N-dealkylation sites (tertiary alicyclic amines) is 1. The number of fused-ring (bicyclic) bond motifs is 1. The predicted octanol–water partition coefficient (Wildman–Crippen LogP) is 4.05. The minimum absolute atomic E-state index is 0.115. The summed E-state index contributed by atoms with van der Waals surface area (Å²) in [5, 5.41) is 1.02. The zero-order valence-electron chi connectivity index (χ0n) is 12.8. The first-order valence-electron chi connectivity index (χ1n) is 7.59. The quantitative estimate of drug-likeness (QED) is 0.909. The lowest BCUT2D eigenvalue weighted by atomic mass is 10.0. The van der Waals surface area contributed by atoms with Gasteiger partial charge in [-0.25, -0.2) is 0 Å². The number of anilines is 1. The van der Waals surface area contributed by atoms with Crippen molar-refractivity contribution in [2.75, 3.05) is 12.3 Å². The van der Waals surface area contributed by atoms with Gasteiger partial charge >= 0.3 is 0 Å². The van der Waals surface area contributed by atoms with Crippen molar-refractivity contribution in [3.05, 3.63) is 28.6 Å².